The Morgan fingerprint density at radius 3 is 2.58 bits per heavy atom. The summed E-state index contributed by atoms with van der Waals surface area (Å²) < 4.78 is 0. The van der Waals surface area contributed by atoms with E-state index < -0.39 is 0 Å². The average molecular weight is 290 g/mol. The van der Waals surface area contributed by atoms with Gasteiger partial charge in [-0.3, -0.25) is 4.90 Å². The molecule has 2 N–H and O–H groups in total. The van der Waals surface area contributed by atoms with Gasteiger partial charge in [0.15, 0.2) is 0 Å². The van der Waals surface area contributed by atoms with Crippen LogP contribution in [0, 0.1) is 0 Å². The lowest BCUT2D eigenvalue weighted by atomic mass is 10.0. The number of rotatable bonds is 6. The lowest BCUT2D eigenvalue weighted by Crippen LogP contribution is -2.27. The van der Waals surface area contributed by atoms with Crippen LogP contribution in [0.2, 0.25) is 0 Å². The zero-order valence-electron chi connectivity index (χ0n) is 11.0. The molecule has 2 aromatic rings. The van der Waals surface area contributed by atoms with Crippen molar-refractivity contribution >= 4 is 28.5 Å². The number of hydrogen-bond acceptors (Lipinski definition) is 3. The Hall–Kier alpha value is -1.23. The highest BCUT2D eigenvalue weighted by atomic mass is 32.1. The van der Waals surface area contributed by atoms with Crippen LogP contribution in [0.4, 0.5) is 0 Å². The highest BCUT2D eigenvalue weighted by Gasteiger charge is 2.18. The largest absolute Gasteiger partial charge is 0.393 e. The Kier molecular flexibility index (Phi) is 5.07. The van der Waals surface area contributed by atoms with Gasteiger partial charge in [0.25, 0.3) is 0 Å². The van der Waals surface area contributed by atoms with Crippen molar-refractivity contribution in [3.8, 4) is 0 Å². The molecule has 1 aromatic heterocycles. The SMILES string of the molecule is CN(Cc1cccs1)C(CC(N)=S)c1ccccc1. The van der Waals surface area contributed by atoms with Gasteiger partial charge >= 0.3 is 0 Å². The molecule has 1 unspecified atom stereocenters. The van der Waals surface area contributed by atoms with Crippen molar-refractivity contribution in [1.82, 2.24) is 4.90 Å². The molecule has 0 aliphatic carbocycles. The Morgan fingerprint density at radius 1 is 1.26 bits per heavy atom. The maximum absolute atomic E-state index is 5.75. The highest BCUT2D eigenvalue weighted by Crippen LogP contribution is 2.25. The van der Waals surface area contributed by atoms with Gasteiger partial charge in [-0.05, 0) is 24.1 Å². The molecule has 0 bridgehead atoms. The minimum Gasteiger partial charge on any atom is -0.393 e. The van der Waals surface area contributed by atoms with Crippen molar-refractivity contribution in [2.75, 3.05) is 7.05 Å². The van der Waals surface area contributed by atoms with Crippen LogP contribution in [0.25, 0.3) is 0 Å². The summed E-state index contributed by atoms with van der Waals surface area (Å²) in [5.41, 5.74) is 7.01. The summed E-state index contributed by atoms with van der Waals surface area (Å²) in [6, 6.07) is 14.9. The van der Waals surface area contributed by atoms with E-state index in [1.54, 1.807) is 11.3 Å². The molecule has 4 heteroatoms. The van der Waals surface area contributed by atoms with Crippen molar-refractivity contribution in [1.29, 1.82) is 0 Å². The zero-order chi connectivity index (χ0) is 13.7. The molecule has 0 aliphatic rings. The monoisotopic (exact) mass is 290 g/mol. The molecule has 100 valence electrons. The first kappa shape index (κ1) is 14.2. The first-order valence-electron chi connectivity index (χ1n) is 6.22. The summed E-state index contributed by atoms with van der Waals surface area (Å²) in [5.74, 6) is 0. The molecule has 0 aliphatic heterocycles. The molecular formula is C15H18N2S2. The van der Waals surface area contributed by atoms with Crippen molar-refractivity contribution in [3.63, 3.8) is 0 Å². The number of nitrogens with two attached hydrogens (primary N) is 1. The number of hydrogen-bond donors (Lipinski definition) is 1. The smallest absolute Gasteiger partial charge is 0.0746 e. The average Bonchev–Trinajstić information content (AvgIpc) is 2.89. The van der Waals surface area contributed by atoms with Crippen LogP contribution in [0.5, 0.6) is 0 Å². The van der Waals surface area contributed by atoms with Crippen molar-refractivity contribution in [3.05, 3.63) is 58.3 Å². The number of benzene rings is 1. The fourth-order valence-corrected chi connectivity index (χ4v) is 3.08. The predicted molar refractivity (Wildman–Crippen MR) is 86.4 cm³/mol. The molecule has 1 atom stereocenters. The summed E-state index contributed by atoms with van der Waals surface area (Å²) in [4.78, 5) is 4.22. The molecule has 0 saturated heterocycles. The normalized spacial score (nSPS) is 12.5. The summed E-state index contributed by atoms with van der Waals surface area (Å²) in [6.45, 7) is 0.917. The van der Waals surface area contributed by atoms with E-state index in [2.05, 4.69) is 53.7 Å². The predicted octanol–water partition coefficient (Wildman–Crippen LogP) is 3.60. The van der Waals surface area contributed by atoms with Crippen LogP contribution in [0.15, 0.2) is 47.8 Å². The fourth-order valence-electron chi connectivity index (χ4n) is 2.15. The molecule has 1 aromatic carbocycles. The second-order valence-corrected chi connectivity index (χ2v) is 6.15. The maximum Gasteiger partial charge on any atom is 0.0746 e. The van der Waals surface area contributed by atoms with Gasteiger partial charge in [-0.25, -0.2) is 0 Å². The molecule has 0 fully saturated rings. The number of thiophene rings is 1. The summed E-state index contributed by atoms with van der Waals surface area (Å²) in [5, 5.41) is 2.11. The number of nitrogens with zero attached hydrogens (tertiary/aromatic N) is 1. The van der Waals surface area contributed by atoms with E-state index in [0.29, 0.717) is 11.4 Å². The third-order valence-electron chi connectivity index (χ3n) is 3.10. The van der Waals surface area contributed by atoms with Crippen LogP contribution in [-0.2, 0) is 6.54 Å². The molecule has 19 heavy (non-hydrogen) atoms. The van der Waals surface area contributed by atoms with Crippen LogP contribution >= 0.6 is 23.6 Å². The molecule has 0 saturated carbocycles. The van der Waals surface area contributed by atoms with Crippen molar-refractivity contribution < 1.29 is 0 Å². The Bertz CT molecular complexity index is 508. The third-order valence-corrected chi connectivity index (χ3v) is 4.12. The van der Waals surface area contributed by atoms with Crippen LogP contribution in [0.3, 0.4) is 0 Å². The van der Waals surface area contributed by atoms with Gasteiger partial charge in [0.2, 0.25) is 0 Å². The van der Waals surface area contributed by atoms with Gasteiger partial charge in [-0.1, -0.05) is 48.6 Å². The molecule has 0 spiro atoms. The second kappa shape index (κ2) is 6.80. The lowest BCUT2D eigenvalue weighted by molar-refractivity contribution is 0.244. The van der Waals surface area contributed by atoms with Crippen LogP contribution < -0.4 is 5.73 Å². The van der Waals surface area contributed by atoms with E-state index in [1.807, 2.05) is 6.07 Å². The van der Waals surface area contributed by atoms with Crippen LogP contribution in [0.1, 0.15) is 22.9 Å². The second-order valence-electron chi connectivity index (χ2n) is 4.59. The standard InChI is InChI=1S/C15H18N2S2/c1-17(11-13-8-5-9-19-13)14(10-15(16)18)12-6-3-2-4-7-12/h2-9,14H,10-11H2,1H3,(H2,16,18). The minimum atomic E-state index is 0.237. The maximum atomic E-state index is 5.75. The Balaban J connectivity index is 2.15. The van der Waals surface area contributed by atoms with Gasteiger partial charge in [0, 0.05) is 23.9 Å². The first-order valence-corrected chi connectivity index (χ1v) is 7.51. The van der Waals surface area contributed by atoms with Crippen LogP contribution in [-0.4, -0.2) is 16.9 Å². The molecule has 1 heterocycles. The van der Waals surface area contributed by atoms with Gasteiger partial charge in [-0.15, -0.1) is 11.3 Å². The highest BCUT2D eigenvalue weighted by molar-refractivity contribution is 7.80. The summed E-state index contributed by atoms with van der Waals surface area (Å²) in [6.07, 6.45) is 0.710. The van der Waals surface area contributed by atoms with E-state index in [-0.39, 0.29) is 6.04 Å². The van der Waals surface area contributed by atoms with E-state index in [4.69, 9.17) is 18.0 Å². The molecular weight excluding hydrogens is 272 g/mol. The molecule has 0 amide bonds. The topological polar surface area (TPSA) is 29.3 Å². The van der Waals surface area contributed by atoms with E-state index in [9.17, 15) is 0 Å². The Morgan fingerprint density at radius 2 is 2.00 bits per heavy atom. The lowest BCUT2D eigenvalue weighted by Gasteiger charge is -2.28. The van der Waals surface area contributed by atoms with E-state index >= 15 is 0 Å². The zero-order valence-corrected chi connectivity index (χ0v) is 12.6. The molecule has 0 radical (unpaired) electrons. The Labute approximate surface area is 123 Å². The quantitative estimate of drug-likeness (QED) is 0.824. The van der Waals surface area contributed by atoms with Crippen molar-refractivity contribution in [2.45, 2.75) is 19.0 Å². The van der Waals surface area contributed by atoms with Gasteiger partial charge < -0.3 is 5.73 Å². The van der Waals surface area contributed by atoms with Crippen molar-refractivity contribution in [2.24, 2.45) is 5.73 Å². The first-order chi connectivity index (χ1) is 9.16. The number of thiocarbonyl (C=S) groups is 1. The van der Waals surface area contributed by atoms with Gasteiger partial charge in [0.05, 0.1) is 4.99 Å². The van der Waals surface area contributed by atoms with Gasteiger partial charge in [-0.2, -0.15) is 0 Å². The summed E-state index contributed by atoms with van der Waals surface area (Å²) in [7, 11) is 2.12. The fraction of sp³-hybridized carbons (Fsp3) is 0.267. The third kappa shape index (κ3) is 4.13. The van der Waals surface area contributed by atoms with E-state index in [1.165, 1.54) is 10.4 Å². The minimum absolute atomic E-state index is 0.237. The summed E-state index contributed by atoms with van der Waals surface area (Å²) >= 11 is 6.87. The molecule has 2 rings (SSSR count). The molecule has 2 nitrogen and oxygen atoms in total. The van der Waals surface area contributed by atoms with Gasteiger partial charge in [0.1, 0.15) is 0 Å². The van der Waals surface area contributed by atoms with E-state index in [0.717, 1.165) is 6.54 Å².